The number of aromatic nitrogens is 4. The summed E-state index contributed by atoms with van der Waals surface area (Å²) in [6, 6.07) is 11.0. The number of rotatable bonds is 5. The molecule has 2 aromatic heterocycles. The van der Waals surface area contributed by atoms with Gasteiger partial charge in [-0.25, -0.2) is 9.67 Å². The molecule has 1 aromatic carbocycles. The Balaban J connectivity index is 1.33. The zero-order valence-electron chi connectivity index (χ0n) is 16.8. The lowest BCUT2D eigenvalue weighted by Crippen LogP contribution is -2.49. The molecule has 1 N–H and O–H groups in total. The predicted octanol–water partition coefficient (Wildman–Crippen LogP) is 2.71. The Labute approximate surface area is 169 Å². The number of nitrogens with zero attached hydrogens (tertiary/aromatic N) is 4. The number of ether oxygens (including phenoxy) is 1. The first-order chi connectivity index (χ1) is 14.2. The van der Waals surface area contributed by atoms with Crippen molar-refractivity contribution in [2.24, 2.45) is 5.92 Å². The van der Waals surface area contributed by atoms with Crippen LogP contribution in [-0.4, -0.2) is 51.0 Å². The van der Waals surface area contributed by atoms with Crippen LogP contribution >= 0.6 is 0 Å². The first kappa shape index (κ1) is 18.5. The van der Waals surface area contributed by atoms with Gasteiger partial charge in [-0.05, 0) is 37.7 Å². The van der Waals surface area contributed by atoms with Crippen molar-refractivity contribution in [2.75, 3.05) is 26.3 Å². The number of likely N-dealkylation sites (tertiary alicyclic amines) is 1. The molecule has 0 radical (unpaired) electrons. The smallest absolute Gasteiger partial charge is 0.262 e. The normalized spacial score (nSPS) is 20.0. The number of fused-ring (bicyclic) bond motifs is 1. The van der Waals surface area contributed by atoms with Gasteiger partial charge in [0, 0.05) is 26.3 Å². The molecule has 7 heteroatoms. The van der Waals surface area contributed by atoms with Gasteiger partial charge in [-0.1, -0.05) is 30.3 Å². The van der Waals surface area contributed by atoms with Crippen LogP contribution in [0.3, 0.4) is 0 Å². The Morgan fingerprint density at radius 2 is 1.97 bits per heavy atom. The lowest BCUT2D eigenvalue weighted by Gasteiger charge is -2.42. The number of nitrogens with one attached hydrogen (secondary N) is 1. The van der Waals surface area contributed by atoms with Crippen LogP contribution < -0.4 is 5.56 Å². The molecule has 7 nitrogen and oxygen atoms in total. The highest BCUT2D eigenvalue weighted by atomic mass is 16.5. The summed E-state index contributed by atoms with van der Waals surface area (Å²) < 4.78 is 7.39. The highest BCUT2D eigenvalue weighted by Crippen LogP contribution is 2.29. The summed E-state index contributed by atoms with van der Waals surface area (Å²) in [4.78, 5) is 22.9. The minimum atomic E-state index is -0.100. The fourth-order valence-electron chi connectivity index (χ4n) is 4.52. The number of H-pyrrole nitrogens is 1. The molecule has 2 fully saturated rings. The van der Waals surface area contributed by atoms with Crippen LogP contribution in [0.25, 0.3) is 11.0 Å². The van der Waals surface area contributed by atoms with E-state index in [-0.39, 0.29) is 17.6 Å². The summed E-state index contributed by atoms with van der Waals surface area (Å²) in [5, 5.41) is 5.05. The van der Waals surface area contributed by atoms with Gasteiger partial charge < -0.3 is 9.72 Å². The molecule has 2 saturated heterocycles. The van der Waals surface area contributed by atoms with Gasteiger partial charge in [-0.15, -0.1) is 0 Å². The van der Waals surface area contributed by atoms with Gasteiger partial charge in [0.2, 0.25) is 0 Å². The van der Waals surface area contributed by atoms with E-state index in [9.17, 15) is 4.79 Å². The van der Waals surface area contributed by atoms with E-state index >= 15 is 0 Å². The molecule has 0 aliphatic carbocycles. The third-order valence-corrected chi connectivity index (χ3v) is 6.31. The number of hydrogen-bond acceptors (Lipinski definition) is 5. The Kier molecular flexibility index (Phi) is 4.93. The summed E-state index contributed by atoms with van der Waals surface area (Å²) in [5.41, 5.74) is 1.98. The summed E-state index contributed by atoms with van der Waals surface area (Å²) >= 11 is 0. The van der Waals surface area contributed by atoms with E-state index < -0.39 is 0 Å². The van der Waals surface area contributed by atoms with Crippen LogP contribution in [0.4, 0.5) is 0 Å². The van der Waals surface area contributed by atoms with Gasteiger partial charge >= 0.3 is 0 Å². The molecule has 0 spiro atoms. The second-order valence-electron chi connectivity index (χ2n) is 8.31. The topological polar surface area (TPSA) is 76.0 Å². The highest BCUT2D eigenvalue weighted by molar-refractivity contribution is 5.73. The molecular formula is C22H27N5O2. The fourth-order valence-corrected chi connectivity index (χ4v) is 4.52. The Bertz CT molecular complexity index is 1030. The SMILES string of the molecule is C[C@H](c1nc2c(cnn2C2CCOCC2)c(=O)[nH]1)N1CC(Cc2ccccc2)C1. The number of benzene rings is 1. The van der Waals surface area contributed by atoms with Gasteiger partial charge in [0.15, 0.2) is 5.65 Å². The van der Waals surface area contributed by atoms with Crippen LogP contribution in [0.2, 0.25) is 0 Å². The first-order valence-corrected chi connectivity index (χ1v) is 10.5. The second-order valence-corrected chi connectivity index (χ2v) is 8.31. The van der Waals surface area contributed by atoms with Gasteiger partial charge in [0.25, 0.3) is 5.56 Å². The molecule has 152 valence electrons. The van der Waals surface area contributed by atoms with Crippen molar-refractivity contribution in [1.29, 1.82) is 0 Å². The maximum absolute atomic E-state index is 12.6. The molecule has 0 unspecified atom stereocenters. The molecule has 0 saturated carbocycles. The minimum absolute atomic E-state index is 0.0807. The van der Waals surface area contributed by atoms with E-state index in [4.69, 9.17) is 9.72 Å². The quantitative estimate of drug-likeness (QED) is 0.721. The summed E-state index contributed by atoms with van der Waals surface area (Å²) in [6.07, 6.45) is 4.56. The van der Waals surface area contributed by atoms with Crippen molar-refractivity contribution in [3.8, 4) is 0 Å². The Morgan fingerprint density at radius 3 is 2.72 bits per heavy atom. The third-order valence-electron chi connectivity index (χ3n) is 6.31. The summed E-state index contributed by atoms with van der Waals surface area (Å²) in [6.45, 7) is 5.64. The van der Waals surface area contributed by atoms with Crippen molar-refractivity contribution >= 4 is 11.0 Å². The van der Waals surface area contributed by atoms with Crippen molar-refractivity contribution in [2.45, 2.75) is 38.3 Å². The van der Waals surface area contributed by atoms with Crippen LogP contribution in [0.5, 0.6) is 0 Å². The van der Waals surface area contributed by atoms with E-state index in [1.54, 1.807) is 6.20 Å². The second kappa shape index (κ2) is 7.72. The Morgan fingerprint density at radius 1 is 1.21 bits per heavy atom. The van der Waals surface area contributed by atoms with Gasteiger partial charge in [0.05, 0.1) is 18.3 Å². The lowest BCUT2D eigenvalue weighted by molar-refractivity contribution is 0.0561. The van der Waals surface area contributed by atoms with Crippen LogP contribution in [0.1, 0.15) is 43.2 Å². The molecule has 1 atom stereocenters. The van der Waals surface area contributed by atoms with Crippen molar-refractivity contribution < 1.29 is 4.74 Å². The average molecular weight is 393 g/mol. The maximum Gasteiger partial charge on any atom is 0.262 e. The zero-order valence-corrected chi connectivity index (χ0v) is 16.8. The predicted molar refractivity (Wildman–Crippen MR) is 111 cm³/mol. The largest absolute Gasteiger partial charge is 0.381 e. The standard InChI is InChI=1S/C22H27N5O2/c1-15(26-13-17(14-26)11-16-5-3-2-4-6-16)20-24-21-19(22(28)25-20)12-23-27(21)18-7-9-29-10-8-18/h2-6,12,15,17-18H,7-11,13-14H2,1H3,(H,24,25,28)/t15-/m1/s1. The van der Waals surface area contributed by atoms with E-state index in [1.165, 1.54) is 5.56 Å². The molecule has 4 heterocycles. The van der Waals surface area contributed by atoms with Crippen molar-refractivity contribution in [1.82, 2.24) is 24.6 Å². The van der Waals surface area contributed by atoms with E-state index in [1.807, 2.05) is 4.68 Å². The molecule has 0 bridgehead atoms. The van der Waals surface area contributed by atoms with Crippen LogP contribution in [0, 0.1) is 5.92 Å². The van der Waals surface area contributed by atoms with Gasteiger partial charge in [-0.2, -0.15) is 5.10 Å². The van der Waals surface area contributed by atoms with Crippen molar-refractivity contribution in [3.63, 3.8) is 0 Å². The molecule has 29 heavy (non-hydrogen) atoms. The van der Waals surface area contributed by atoms with Gasteiger partial charge in [-0.3, -0.25) is 9.69 Å². The fraction of sp³-hybridized carbons (Fsp3) is 0.500. The molecule has 2 aliphatic rings. The van der Waals surface area contributed by atoms with Crippen molar-refractivity contribution in [3.05, 3.63) is 58.3 Å². The highest BCUT2D eigenvalue weighted by Gasteiger charge is 2.32. The zero-order chi connectivity index (χ0) is 19.8. The number of aromatic amines is 1. The average Bonchev–Trinajstić information content (AvgIpc) is 3.16. The maximum atomic E-state index is 12.6. The van der Waals surface area contributed by atoms with Crippen LogP contribution in [0.15, 0.2) is 41.3 Å². The Hall–Kier alpha value is -2.51. The first-order valence-electron chi connectivity index (χ1n) is 10.5. The molecule has 0 amide bonds. The van der Waals surface area contributed by atoms with E-state index in [0.29, 0.717) is 17.0 Å². The summed E-state index contributed by atoms with van der Waals surface area (Å²) in [5.74, 6) is 1.39. The van der Waals surface area contributed by atoms with E-state index in [2.05, 4.69) is 52.2 Å². The lowest BCUT2D eigenvalue weighted by atomic mass is 9.91. The number of hydrogen-bond donors (Lipinski definition) is 1. The van der Waals surface area contributed by atoms with Gasteiger partial charge in [0.1, 0.15) is 11.2 Å². The third kappa shape index (κ3) is 3.60. The summed E-state index contributed by atoms with van der Waals surface area (Å²) in [7, 11) is 0. The monoisotopic (exact) mass is 393 g/mol. The molecule has 3 aromatic rings. The molecule has 5 rings (SSSR count). The molecular weight excluding hydrogens is 366 g/mol. The van der Waals surface area contributed by atoms with E-state index in [0.717, 1.165) is 51.4 Å². The van der Waals surface area contributed by atoms with Crippen LogP contribution in [-0.2, 0) is 11.2 Å². The molecule has 2 aliphatic heterocycles. The minimum Gasteiger partial charge on any atom is -0.381 e.